The summed E-state index contributed by atoms with van der Waals surface area (Å²) in [5, 5.41) is 0. The van der Waals surface area contributed by atoms with Gasteiger partial charge in [0.15, 0.2) is 0 Å². The summed E-state index contributed by atoms with van der Waals surface area (Å²) in [5.74, 6) is 1.27. The van der Waals surface area contributed by atoms with E-state index < -0.39 is 0 Å². The van der Waals surface area contributed by atoms with Gasteiger partial charge in [0.05, 0.1) is 13.2 Å². The molecule has 1 unspecified atom stereocenters. The second-order valence-electron chi connectivity index (χ2n) is 12.2. The molecule has 0 aromatic heterocycles. The Bertz CT molecular complexity index is 531. The average Bonchev–Trinajstić information content (AvgIpc) is 2.92. The normalized spacial score (nSPS) is 12.1. The molecule has 0 rings (SSSR count). The summed E-state index contributed by atoms with van der Waals surface area (Å²) in [4.78, 5) is 23.9. The maximum Gasteiger partial charge on any atom is 0.305 e. The van der Waals surface area contributed by atoms with Crippen molar-refractivity contribution in [2.45, 2.75) is 188 Å². The van der Waals surface area contributed by atoms with Gasteiger partial charge in [-0.05, 0) is 37.5 Å². The lowest BCUT2D eigenvalue weighted by Gasteiger charge is -2.20. The molecule has 0 fully saturated rings. The lowest BCUT2D eigenvalue weighted by atomic mass is 9.86. The summed E-state index contributed by atoms with van der Waals surface area (Å²) in [7, 11) is 0. The molecule has 0 heterocycles. The largest absolute Gasteiger partial charge is 0.466 e. The topological polar surface area (TPSA) is 52.6 Å². The van der Waals surface area contributed by atoms with E-state index in [-0.39, 0.29) is 11.9 Å². The Balaban J connectivity index is 3.51. The standard InChI is InChI=1S/C35H68O4/c1-5-7-9-20-24-30-38-34(36)27-23-19-17-15-13-11-12-14-16-18-22-26-33(32(3)4)28-29-35(37)39-31-25-21-10-8-6-2/h32-33H,5-31H2,1-4H3. The van der Waals surface area contributed by atoms with Crippen molar-refractivity contribution in [3.63, 3.8) is 0 Å². The Morgan fingerprint density at radius 1 is 0.462 bits per heavy atom. The number of rotatable bonds is 30. The van der Waals surface area contributed by atoms with E-state index in [1.807, 2.05) is 0 Å². The number of carbonyl (C=O) groups excluding carboxylic acids is 2. The molecular formula is C35H68O4. The number of hydrogen-bond donors (Lipinski definition) is 0. The van der Waals surface area contributed by atoms with Crippen LogP contribution in [-0.2, 0) is 19.1 Å². The van der Waals surface area contributed by atoms with Crippen LogP contribution < -0.4 is 0 Å². The zero-order valence-electron chi connectivity index (χ0n) is 26.9. The van der Waals surface area contributed by atoms with Crippen LogP contribution in [0.1, 0.15) is 188 Å². The molecule has 0 saturated heterocycles. The fourth-order valence-electron chi connectivity index (χ4n) is 5.31. The summed E-state index contributed by atoms with van der Waals surface area (Å²) in [6.07, 6.45) is 29.3. The van der Waals surface area contributed by atoms with Gasteiger partial charge in [0.2, 0.25) is 0 Å². The van der Waals surface area contributed by atoms with Gasteiger partial charge in [-0.15, -0.1) is 0 Å². The van der Waals surface area contributed by atoms with Crippen LogP contribution in [0.5, 0.6) is 0 Å². The van der Waals surface area contributed by atoms with Gasteiger partial charge in [0, 0.05) is 12.8 Å². The average molecular weight is 553 g/mol. The number of ether oxygens (including phenoxy) is 2. The van der Waals surface area contributed by atoms with Crippen molar-refractivity contribution in [2.24, 2.45) is 11.8 Å². The maximum absolute atomic E-state index is 12.1. The summed E-state index contributed by atoms with van der Waals surface area (Å²) >= 11 is 0. The number of carbonyl (C=O) groups is 2. The highest BCUT2D eigenvalue weighted by Gasteiger charge is 2.15. The second-order valence-corrected chi connectivity index (χ2v) is 12.2. The third-order valence-corrected chi connectivity index (χ3v) is 8.14. The van der Waals surface area contributed by atoms with E-state index in [2.05, 4.69) is 27.7 Å². The molecule has 1 atom stereocenters. The quantitative estimate of drug-likeness (QED) is 0.0656. The van der Waals surface area contributed by atoms with Crippen molar-refractivity contribution in [1.82, 2.24) is 0 Å². The summed E-state index contributed by atoms with van der Waals surface area (Å²) in [5.41, 5.74) is 0. The maximum atomic E-state index is 12.1. The summed E-state index contributed by atoms with van der Waals surface area (Å²) < 4.78 is 10.8. The van der Waals surface area contributed by atoms with Gasteiger partial charge in [-0.3, -0.25) is 9.59 Å². The number of hydrogen-bond acceptors (Lipinski definition) is 4. The first-order valence-electron chi connectivity index (χ1n) is 17.3. The molecule has 0 spiro atoms. The number of unbranched alkanes of at least 4 members (excludes halogenated alkanes) is 18. The SMILES string of the molecule is CCCCCCCOC(=O)CCCCCCCCCCCCCC(CCC(=O)OCCCCCCC)C(C)C. The van der Waals surface area contributed by atoms with Crippen LogP contribution in [0, 0.1) is 11.8 Å². The fraction of sp³-hybridized carbons (Fsp3) is 0.943. The van der Waals surface area contributed by atoms with Crippen LogP contribution in [-0.4, -0.2) is 25.2 Å². The highest BCUT2D eigenvalue weighted by atomic mass is 16.5. The highest BCUT2D eigenvalue weighted by Crippen LogP contribution is 2.24. The van der Waals surface area contributed by atoms with Crippen LogP contribution in [0.2, 0.25) is 0 Å². The molecular weight excluding hydrogens is 484 g/mol. The molecule has 4 nitrogen and oxygen atoms in total. The van der Waals surface area contributed by atoms with Gasteiger partial charge < -0.3 is 9.47 Å². The molecule has 0 aromatic rings. The van der Waals surface area contributed by atoms with Gasteiger partial charge in [0.25, 0.3) is 0 Å². The van der Waals surface area contributed by atoms with E-state index in [9.17, 15) is 9.59 Å². The Kier molecular flexibility index (Phi) is 29.1. The van der Waals surface area contributed by atoms with Gasteiger partial charge in [-0.2, -0.15) is 0 Å². The van der Waals surface area contributed by atoms with E-state index in [0.29, 0.717) is 37.9 Å². The highest BCUT2D eigenvalue weighted by molar-refractivity contribution is 5.69. The zero-order chi connectivity index (χ0) is 28.8. The van der Waals surface area contributed by atoms with E-state index in [0.717, 1.165) is 32.1 Å². The van der Waals surface area contributed by atoms with Gasteiger partial charge in [0.1, 0.15) is 0 Å². The molecule has 0 aliphatic rings. The Hall–Kier alpha value is -1.06. The first-order chi connectivity index (χ1) is 19.0. The minimum atomic E-state index is -0.00351. The lowest BCUT2D eigenvalue weighted by Crippen LogP contribution is -2.13. The second kappa shape index (κ2) is 29.9. The molecule has 0 aliphatic carbocycles. The van der Waals surface area contributed by atoms with Gasteiger partial charge in [-0.25, -0.2) is 0 Å². The molecule has 0 bridgehead atoms. The van der Waals surface area contributed by atoms with E-state index in [1.54, 1.807) is 0 Å². The molecule has 0 radical (unpaired) electrons. The molecule has 232 valence electrons. The zero-order valence-corrected chi connectivity index (χ0v) is 26.9. The van der Waals surface area contributed by atoms with E-state index in [4.69, 9.17) is 9.47 Å². The smallest absolute Gasteiger partial charge is 0.305 e. The van der Waals surface area contributed by atoms with Crippen molar-refractivity contribution in [3.05, 3.63) is 0 Å². The Morgan fingerprint density at radius 3 is 1.31 bits per heavy atom. The fourth-order valence-corrected chi connectivity index (χ4v) is 5.31. The van der Waals surface area contributed by atoms with Crippen LogP contribution >= 0.6 is 0 Å². The third kappa shape index (κ3) is 28.3. The number of esters is 2. The molecule has 0 aliphatic heterocycles. The molecule has 0 N–H and O–H groups in total. The molecule has 0 amide bonds. The Morgan fingerprint density at radius 2 is 0.846 bits per heavy atom. The monoisotopic (exact) mass is 553 g/mol. The lowest BCUT2D eigenvalue weighted by molar-refractivity contribution is -0.145. The molecule has 4 heteroatoms. The summed E-state index contributed by atoms with van der Waals surface area (Å²) in [6.45, 7) is 10.2. The van der Waals surface area contributed by atoms with Crippen LogP contribution in [0.15, 0.2) is 0 Å². The van der Waals surface area contributed by atoms with Gasteiger partial charge in [-0.1, -0.05) is 150 Å². The first kappa shape index (κ1) is 37.9. The molecule has 0 saturated carbocycles. The Labute approximate surface area is 244 Å². The van der Waals surface area contributed by atoms with Crippen molar-refractivity contribution < 1.29 is 19.1 Å². The van der Waals surface area contributed by atoms with Crippen LogP contribution in [0.25, 0.3) is 0 Å². The van der Waals surface area contributed by atoms with Gasteiger partial charge >= 0.3 is 11.9 Å². The van der Waals surface area contributed by atoms with Crippen LogP contribution in [0.4, 0.5) is 0 Å². The third-order valence-electron chi connectivity index (χ3n) is 8.14. The molecule has 0 aromatic carbocycles. The summed E-state index contributed by atoms with van der Waals surface area (Å²) in [6, 6.07) is 0. The van der Waals surface area contributed by atoms with Crippen LogP contribution in [0.3, 0.4) is 0 Å². The molecule has 39 heavy (non-hydrogen) atoms. The van der Waals surface area contributed by atoms with Crippen molar-refractivity contribution >= 4 is 11.9 Å². The minimum absolute atomic E-state index is 0.00199. The predicted molar refractivity (Wildman–Crippen MR) is 167 cm³/mol. The van der Waals surface area contributed by atoms with Crippen molar-refractivity contribution in [3.8, 4) is 0 Å². The van der Waals surface area contributed by atoms with E-state index >= 15 is 0 Å². The predicted octanol–water partition coefficient (Wildman–Crippen LogP) is 11.1. The van der Waals surface area contributed by atoms with Crippen molar-refractivity contribution in [2.75, 3.05) is 13.2 Å². The van der Waals surface area contributed by atoms with Crippen molar-refractivity contribution in [1.29, 1.82) is 0 Å². The first-order valence-corrected chi connectivity index (χ1v) is 17.3. The van der Waals surface area contributed by atoms with E-state index in [1.165, 1.54) is 116 Å². The minimum Gasteiger partial charge on any atom is -0.466 e.